The second-order valence-corrected chi connectivity index (χ2v) is 3.46. The van der Waals surface area contributed by atoms with Crippen LogP contribution in [0.5, 0.6) is 0 Å². The number of allylic oxidation sites excluding steroid dienone is 1. The average Bonchev–Trinajstić information content (AvgIpc) is 2.20. The molecule has 0 bridgehead atoms. The van der Waals surface area contributed by atoms with Gasteiger partial charge in [0.2, 0.25) is 0 Å². The fourth-order valence-electron chi connectivity index (χ4n) is 1.67. The largest absolute Gasteiger partial charge is 0.398 e. The number of benzene rings is 1. The highest BCUT2D eigenvalue weighted by molar-refractivity contribution is 5.74. The summed E-state index contributed by atoms with van der Waals surface area (Å²) in [5, 5.41) is 3.17. The summed E-state index contributed by atoms with van der Waals surface area (Å²) in [6.07, 6.45) is 3.79. The highest BCUT2D eigenvalue weighted by Crippen LogP contribution is 2.21. The standard InChI is InChI=1S/C12H14N2/c1-9-4-2-3-5-10(9)11-8-14-7-6-12(11)13/h2-7,14H,8,13H2,1H3. The van der Waals surface area contributed by atoms with Crippen molar-refractivity contribution in [2.24, 2.45) is 5.73 Å². The normalized spacial score (nSPS) is 15.5. The maximum atomic E-state index is 5.93. The maximum Gasteiger partial charge on any atom is 0.0421 e. The molecule has 0 radical (unpaired) electrons. The Morgan fingerprint density at radius 3 is 2.79 bits per heavy atom. The average molecular weight is 186 g/mol. The van der Waals surface area contributed by atoms with Crippen LogP contribution in [-0.4, -0.2) is 6.54 Å². The molecule has 0 saturated carbocycles. The Hall–Kier alpha value is -1.70. The third-order valence-electron chi connectivity index (χ3n) is 2.48. The predicted octanol–water partition coefficient (Wildman–Crippen LogP) is 1.78. The highest BCUT2D eigenvalue weighted by Gasteiger charge is 2.09. The Labute approximate surface area is 84.1 Å². The van der Waals surface area contributed by atoms with Gasteiger partial charge in [0.1, 0.15) is 0 Å². The molecule has 14 heavy (non-hydrogen) atoms. The summed E-state index contributed by atoms with van der Waals surface area (Å²) >= 11 is 0. The fourth-order valence-corrected chi connectivity index (χ4v) is 1.67. The number of nitrogens with two attached hydrogens (primary N) is 1. The first-order valence-corrected chi connectivity index (χ1v) is 4.73. The topological polar surface area (TPSA) is 38.0 Å². The van der Waals surface area contributed by atoms with Gasteiger partial charge in [0.05, 0.1) is 0 Å². The lowest BCUT2D eigenvalue weighted by atomic mass is 9.98. The smallest absolute Gasteiger partial charge is 0.0421 e. The third kappa shape index (κ3) is 1.51. The minimum atomic E-state index is 0.813. The zero-order chi connectivity index (χ0) is 9.97. The number of hydrogen-bond donors (Lipinski definition) is 2. The second kappa shape index (κ2) is 3.58. The van der Waals surface area contributed by atoms with Gasteiger partial charge in [-0.15, -0.1) is 0 Å². The van der Waals surface area contributed by atoms with Crippen molar-refractivity contribution in [1.29, 1.82) is 0 Å². The van der Waals surface area contributed by atoms with Gasteiger partial charge in [0.15, 0.2) is 0 Å². The molecule has 0 fully saturated rings. The molecule has 0 spiro atoms. The Kier molecular flexibility index (Phi) is 2.27. The van der Waals surface area contributed by atoms with Crippen molar-refractivity contribution in [1.82, 2.24) is 5.32 Å². The molecule has 1 aromatic carbocycles. The van der Waals surface area contributed by atoms with Crippen molar-refractivity contribution in [3.63, 3.8) is 0 Å². The Morgan fingerprint density at radius 1 is 1.29 bits per heavy atom. The predicted molar refractivity (Wildman–Crippen MR) is 59.4 cm³/mol. The first kappa shape index (κ1) is 8.88. The highest BCUT2D eigenvalue weighted by atomic mass is 14.8. The molecule has 2 heteroatoms. The summed E-state index contributed by atoms with van der Waals surface area (Å²) in [6, 6.07) is 8.30. The van der Waals surface area contributed by atoms with E-state index in [1.165, 1.54) is 16.7 Å². The lowest BCUT2D eigenvalue weighted by molar-refractivity contribution is 0.968. The Morgan fingerprint density at radius 2 is 2.07 bits per heavy atom. The van der Waals surface area contributed by atoms with Crippen molar-refractivity contribution >= 4 is 5.57 Å². The summed E-state index contributed by atoms with van der Waals surface area (Å²) < 4.78 is 0. The zero-order valence-corrected chi connectivity index (χ0v) is 8.25. The minimum absolute atomic E-state index is 0.813. The first-order valence-electron chi connectivity index (χ1n) is 4.73. The van der Waals surface area contributed by atoms with E-state index in [4.69, 9.17) is 5.73 Å². The van der Waals surface area contributed by atoms with Gasteiger partial charge in [-0.1, -0.05) is 24.3 Å². The summed E-state index contributed by atoms with van der Waals surface area (Å²) in [6.45, 7) is 2.92. The molecule has 0 atom stereocenters. The van der Waals surface area contributed by atoms with E-state index in [0.29, 0.717) is 0 Å². The first-order chi connectivity index (χ1) is 6.79. The number of aryl methyl sites for hydroxylation is 1. The number of rotatable bonds is 1. The van der Waals surface area contributed by atoms with Crippen LogP contribution >= 0.6 is 0 Å². The van der Waals surface area contributed by atoms with Gasteiger partial charge < -0.3 is 11.1 Å². The van der Waals surface area contributed by atoms with Crippen LogP contribution in [0.1, 0.15) is 11.1 Å². The Bertz CT molecular complexity index is 403. The molecule has 0 amide bonds. The molecule has 2 rings (SSSR count). The van der Waals surface area contributed by atoms with E-state index in [2.05, 4.69) is 24.4 Å². The van der Waals surface area contributed by atoms with Crippen LogP contribution in [0, 0.1) is 6.92 Å². The van der Waals surface area contributed by atoms with E-state index >= 15 is 0 Å². The van der Waals surface area contributed by atoms with Gasteiger partial charge in [-0.2, -0.15) is 0 Å². The van der Waals surface area contributed by atoms with Crippen LogP contribution in [0.2, 0.25) is 0 Å². The van der Waals surface area contributed by atoms with Crippen LogP contribution in [0.3, 0.4) is 0 Å². The van der Waals surface area contributed by atoms with Crippen molar-refractivity contribution in [3.8, 4) is 0 Å². The van der Waals surface area contributed by atoms with E-state index in [9.17, 15) is 0 Å². The summed E-state index contributed by atoms with van der Waals surface area (Å²) in [4.78, 5) is 0. The quantitative estimate of drug-likeness (QED) is 0.701. The molecule has 3 N–H and O–H groups in total. The van der Waals surface area contributed by atoms with E-state index in [-0.39, 0.29) is 0 Å². The van der Waals surface area contributed by atoms with Gasteiger partial charge in [0, 0.05) is 17.8 Å². The van der Waals surface area contributed by atoms with Gasteiger partial charge in [-0.25, -0.2) is 0 Å². The fraction of sp³-hybridized carbons (Fsp3) is 0.167. The van der Waals surface area contributed by atoms with E-state index in [1.807, 2.05) is 24.4 Å². The molecule has 1 aliphatic heterocycles. The van der Waals surface area contributed by atoms with Crippen LogP contribution in [0.25, 0.3) is 5.57 Å². The SMILES string of the molecule is Cc1ccccc1C1=C(N)C=CNC1. The maximum absolute atomic E-state index is 5.93. The van der Waals surface area contributed by atoms with Crippen LogP contribution < -0.4 is 11.1 Å². The van der Waals surface area contributed by atoms with Crippen molar-refractivity contribution in [3.05, 3.63) is 53.4 Å². The van der Waals surface area contributed by atoms with Crippen molar-refractivity contribution in [2.75, 3.05) is 6.54 Å². The van der Waals surface area contributed by atoms with Gasteiger partial charge in [-0.05, 0) is 30.3 Å². The lowest BCUT2D eigenvalue weighted by Crippen LogP contribution is -2.18. The number of dihydropyridines is 1. The van der Waals surface area contributed by atoms with Crippen LogP contribution in [0.4, 0.5) is 0 Å². The molecule has 0 saturated heterocycles. The molecule has 2 nitrogen and oxygen atoms in total. The molecule has 0 unspecified atom stereocenters. The van der Waals surface area contributed by atoms with Crippen molar-refractivity contribution in [2.45, 2.75) is 6.92 Å². The van der Waals surface area contributed by atoms with E-state index < -0.39 is 0 Å². The second-order valence-electron chi connectivity index (χ2n) is 3.46. The van der Waals surface area contributed by atoms with E-state index in [1.54, 1.807) is 0 Å². The molecule has 1 heterocycles. The number of nitrogens with one attached hydrogen (secondary N) is 1. The molecule has 0 aromatic heterocycles. The summed E-state index contributed by atoms with van der Waals surface area (Å²) in [5.74, 6) is 0. The summed E-state index contributed by atoms with van der Waals surface area (Å²) in [5.41, 5.74) is 10.5. The third-order valence-corrected chi connectivity index (χ3v) is 2.48. The molecule has 0 aliphatic carbocycles. The molecular formula is C12H14N2. The van der Waals surface area contributed by atoms with Gasteiger partial charge in [0.25, 0.3) is 0 Å². The molecule has 1 aliphatic rings. The van der Waals surface area contributed by atoms with Gasteiger partial charge >= 0.3 is 0 Å². The minimum Gasteiger partial charge on any atom is -0.398 e. The molecule has 1 aromatic rings. The zero-order valence-electron chi connectivity index (χ0n) is 8.25. The number of hydrogen-bond acceptors (Lipinski definition) is 2. The monoisotopic (exact) mass is 186 g/mol. The van der Waals surface area contributed by atoms with E-state index in [0.717, 1.165) is 12.2 Å². The Balaban J connectivity index is 2.49. The lowest BCUT2D eigenvalue weighted by Gasteiger charge is -2.16. The van der Waals surface area contributed by atoms with Crippen LogP contribution in [0.15, 0.2) is 42.2 Å². The molecule has 72 valence electrons. The van der Waals surface area contributed by atoms with Gasteiger partial charge in [-0.3, -0.25) is 0 Å². The van der Waals surface area contributed by atoms with Crippen molar-refractivity contribution < 1.29 is 0 Å². The summed E-state index contributed by atoms with van der Waals surface area (Å²) in [7, 11) is 0. The molecular weight excluding hydrogens is 172 g/mol. The van der Waals surface area contributed by atoms with Crippen LogP contribution in [-0.2, 0) is 0 Å².